The summed E-state index contributed by atoms with van der Waals surface area (Å²) in [4.78, 5) is 0.254. The van der Waals surface area contributed by atoms with Crippen molar-refractivity contribution in [2.24, 2.45) is 0 Å². The second kappa shape index (κ2) is 5.95. The maximum absolute atomic E-state index is 12.4. The molecule has 1 aromatic rings. The van der Waals surface area contributed by atoms with Gasteiger partial charge in [0, 0.05) is 17.0 Å². The number of hydrogen-bond acceptors (Lipinski definition) is 4. The molecule has 2 rings (SSSR count). The zero-order valence-corrected chi connectivity index (χ0v) is 13.6. The molecular weight excluding hydrogens is 292 g/mol. The highest BCUT2D eigenvalue weighted by atomic mass is 32.2. The molecule has 6 heteroatoms. The summed E-state index contributed by atoms with van der Waals surface area (Å²) in [7, 11) is -3.48. The molecule has 0 aromatic heterocycles. The van der Waals surface area contributed by atoms with Crippen LogP contribution in [0.2, 0.25) is 0 Å². The van der Waals surface area contributed by atoms with Gasteiger partial charge in [0.1, 0.15) is 0 Å². The average molecular weight is 314 g/mol. The van der Waals surface area contributed by atoms with Crippen LogP contribution < -0.4 is 10.5 Å². The minimum Gasteiger partial charge on any atom is -0.399 e. The Morgan fingerprint density at radius 3 is 2.50 bits per heavy atom. The van der Waals surface area contributed by atoms with Crippen molar-refractivity contribution in [3.8, 4) is 0 Å². The minimum atomic E-state index is -3.48. The number of aryl methyl sites for hydroxylation is 1. The van der Waals surface area contributed by atoms with E-state index in [9.17, 15) is 8.42 Å². The van der Waals surface area contributed by atoms with Crippen molar-refractivity contribution in [1.29, 1.82) is 0 Å². The number of anilines is 1. The Morgan fingerprint density at radius 1 is 1.30 bits per heavy atom. The van der Waals surface area contributed by atoms with Crippen molar-refractivity contribution in [3.63, 3.8) is 0 Å². The molecule has 4 nitrogen and oxygen atoms in total. The monoisotopic (exact) mass is 314 g/mol. The Labute approximate surface area is 125 Å². The highest BCUT2D eigenvalue weighted by molar-refractivity contribution is 8.00. The lowest BCUT2D eigenvalue weighted by atomic mass is 10.1. The van der Waals surface area contributed by atoms with E-state index in [1.807, 2.05) is 6.92 Å². The molecular formula is C14H22N2O2S2. The van der Waals surface area contributed by atoms with Gasteiger partial charge in [-0.25, -0.2) is 13.1 Å². The first-order valence-electron chi connectivity index (χ1n) is 6.79. The molecule has 0 aliphatic heterocycles. The van der Waals surface area contributed by atoms with Crippen LogP contribution in [0, 0.1) is 6.92 Å². The fourth-order valence-electron chi connectivity index (χ4n) is 2.71. The Balaban J connectivity index is 2.15. The lowest BCUT2D eigenvalue weighted by Gasteiger charge is -2.26. The lowest BCUT2D eigenvalue weighted by molar-refractivity contribution is 0.551. The van der Waals surface area contributed by atoms with Crippen LogP contribution >= 0.6 is 11.8 Å². The summed E-state index contributed by atoms with van der Waals surface area (Å²) < 4.78 is 27.6. The molecule has 3 N–H and O–H groups in total. The van der Waals surface area contributed by atoms with Crippen molar-refractivity contribution >= 4 is 27.5 Å². The highest BCUT2D eigenvalue weighted by Crippen LogP contribution is 2.39. The molecule has 112 valence electrons. The topological polar surface area (TPSA) is 72.2 Å². The van der Waals surface area contributed by atoms with Crippen molar-refractivity contribution in [2.75, 3.05) is 18.5 Å². The number of nitrogen functional groups attached to an aromatic ring is 1. The van der Waals surface area contributed by atoms with Crippen LogP contribution in [0.4, 0.5) is 5.69 Å². The van der Waals surface area contributed by atoms with Crippen molar-refractivity contribution in [1.82, 2.24) is 4.72 Å². The summed E-state index contributed by atoms with van der Waals surface area (Å²) in [5, 5.41) is 0. The molecule has 0 saturated heterocycles. The SMILES string of the molecule is CSC1(CNS(=O)(=O)c2cc(C)cc(N)c2)CCCC1. The van der Waals surface area contributed by atoms with E-state index in [2.05, 4.69) is 11.0 Å². The Hall–Kier alpha value is -0.720. The molecule has 1 fully saturated rings. The summed E-state index contributed by atoms with van der Waals surface area (Å²) >= 11 is 1.77. The Bertz CT molecular complexity index is 559. The van der Waals surface area contributed by atoms with Gasteiger partial charge in [0.15, 0.2) is 0 Å². The van der Waals surface area contributed by atoms with Gasteiger partial charge in [-0.3, -0.25) is 0 Å². The standard InChI is InChI=1S/C14H22N2O2S2/c1-11-7-12(15)9-13(8-11)20(17,18)16-10-14(19-2)5-3-4-6-14/h7-9,16H,3-6,10,15H2,1-2H3. The number of hydrogen-bond donors (Lipinski definition) is 2. The molecule has 1 saturated carbocycles. The number of nitrogens with one attached hydrogen (secondary N) is 1. The zero-order valence-electron chi connectivity index (χ0n) is 12.0. The van der Waals surface area contributed by atoms with Gasteiger partial charge in [-0.15, -0.1) is 0 Å². The second-order valence-corrected chi connectivity index (χ2v) is 8.54. The van der Waals surface area contributed by atoms with E-state index in [1.165, 1.54) is 18.9 Å². The maximum Gasteiger partial charge on any atom is 0.240 e. The van der Waals surface area contributed by atoms with Crippen LogP contribution in [-0.2, 0) is 10.0 Å². The van der Waals surface area contributed by atoms with Gasteiger partial charge in [-0.05, 0) is 49.8 Å². The van der Waals surface area contributed by atoms with Gasteiger partial charge in [-0.1, -0.05) is 12.8 Å². The van der Waals surface area contributed by atoms with Gasteiger partial charge >= 0.3 is 0 Å². The van der Waals surface area contributed by atoms with E-state index < -0.39 is 10.0 Å². The Kier molecular flexibility index (Phi) is 4.66. The normalized spacial score (nSPS) is 18.3. The predicted molar refractivity (Wildman–Crippen MR) is 85.5 cm³/mol. The first kappa shape index (κ1) is 15.7. The van der Waals surface area contributed by atoms with Gasteiger partial charge < -0.3 is 5.73 Å². The van der Waals surface area contributed by atoms with E-state index in [1.54, 1.807) is 23.9 Å². The van der Waals surface area contributed by atoms with Crippen LogP contribution in [0.25, 0.3) is 0 Å². The number of thioether (sulfide) groups is 1. The largest absolute Gasteiger partial charge is 0.399 e. The highest BCUT2D eigenvalue weighted by Gasteiger charge is 2.34. The van der Waals surface area contributed by atoms with E-state index in [-0.39, 0.29) is 9.64 Å². The third-order valence-corrected chi connectivity index (χ3v) is 6.71. The molecule has 20 heavy (non-hydrogen) atoms. The molecule has 1 aliphatic carbocycles. The second-order valence-electron chi connectivity index (χ2n) is 5.50. The van der Waals surface area contributed by atoms with E-state index in [4.69, 9.17) is 5.73 Å². The Morgan fingerprint density at radius 2 is 1.95 bits per heavy atom. The first-order valence-corrected chi connectivity index (χ1v) is 9.50. The molecule has 0 amide bonds. The maximum atomic E-state index is 12.4. The summed E-state index contributed by atoms with van der Waals surface area (Å²) in [5.74, 6) is 0. The smallest absolute Gasteiger partial charge is 0.240 e. The lowest BCUT2D eigenvalue weighted by Crippen LogP contribution is -2.38. The van der Waals surface area contributed by atoms with Gasteiger partial charge in [0.2, 0.25) is 10.0 Å². The van der Waals surface area contributed by atoms with Gasteiger partial charge in [-0.2, -0.15) is 11.8 Å². The van der Waals surface area contributed by atoms with Crippen LogP contribution in [0.15, 0.2) is 23.1 Å². The molecule has 0 radical (unpaired) electrons. The van der Waals surface area contributed by atoms with Gasteiger partial charge in [0.25, 0.3) is 0 Å². The van der Waals surface area contributed by atoms with Crippen molar-refractivity contribution in [3.05, 3.63) is 23.8 Å². The number of benzene rings is 1. The number of sulfonamides is 1. The predicted octanol–water partition coefficient (Wildman–Crippen LogP) is 2.53. The van der Waals surface area contributed by atoms with Crippen LogP contribution in [0.5, 0.6) is 0 Å². The van der Waals surface area contributed by atoms with Gasteiger partial charge in [0.05, 0.1) is 4.90 Å². The molecule has 1 aliphatic rings. The summed E-state index contributed by atoms with van der Waals surface area (Å²) in [6.45, 7) is 2.33. The van der Waals surface area contributed by atoms with E-state index in [0.29, 0.717) is 12.2 Å². The fourth-order valence-corrected chi connectivity index (χ4v) is 4.98. The van der Waals surface area contributed by atoms with Crippen LogP contribution in [0.1, 0.15) is 31.2 Å². The van der Waals surface area contributed by atoms with Crippen molar-refractivity contribution < 1.29 is 8.42 Å². The fraction of sp³-hybridized carbons (Fsp3) is 0.571. The quantitative estimate of drug-likeness (QED) is 0.819. The third-order valence-electron chi connectivity index (χ3n) is 3.92. The first-order chi connectivity index (χ1) is 9.37. The summed E-state index contributed by atoms with van der Waals surface area (Å²) in [6, 6.07) is 4.92. The zero-order chi connectivity index (χ0) is 14.8. The van der Waals surface area contributed by atoms with E-state index >= 15 is 0 Å². The molecule has 1 aromatic carbocycles. The van der Waals surface area contributed by atoms with Crippen LogP contribution in [-0.4, -0.2) is 26.0 Å². The summed E-state index contributed by atoms with van der Waals surface area (Å²) in [6.07, 6.45) is 6.57. The molecule has 0 heterocycles. The molecule has 0 spiro atoms. The average Bonchev–Trinajstić information content (AvgIpc) is 2.85. The molecule has 0 atom stereocenters. The van der Waals surface area contributed by atoms with Crippen molar-refractivity contribution in [2.45, 2.75) is 42.2 Å². The molecule has 0 bridgehead atoms. The number of rotatable bonds is 5. The summed E-state index contributed by atoms with van der Waals surface area (Å²) in [5.41, 5.74) is 7.06. The van der Waals surface area contributed by atoms with Crippen LogP contribution in [0.3, 0.4) is 0 Å². The van der Waals surface area contributed by atoms with E-state index in [0.717, 1.165) is 18.4 Å². The number of nitrogens with two attached hydrogens (primary N) is 1. The molecule has 0 unspecified atom stereocenters. The minimum absolute atomic E-state index is 0.0580. The third kappa shape index (κ3) is 3.48.